The fourth-order valence-corrected chi connectivity index (χ4v) is 3.40. The van der Waals surface area contributed by atoms with Crippen LogP contribution in [-0.4, -0.2) is 45.6 Å². The van der Waals surface area contributed by atoms with Gasteiger partial charge in [-0.2, -0.15) is 5.10 Å². The summed E-state index contributed by atoms with van der Waals surface area (Å²) in [6.45, 7) is 5.93. The molecule has 3 rings (SSSR count). The Kier molecular flexibility index (Phi) is 5.36. The zero-order valence-corrected chi connectivity index (χ0v) is 15.0. The lowest BCUT2D eigenvalue weighted by atomic mass is 10.1. The van der Waals surface area contributed by atoms with Crippen molar-refractivity contribution in [2.45, 2.75) is 52.1 Å². The van der Waals surface area contributed by atoms with Crippen LogP contribution in [0.2, 0.25) is 0 Å². The van der Waals surface area contributed by atoms with Crippen molar-refractivity contribution >= 4 is 22.7 Å². The maximum atomic E-state index is 12.4. The number of hydrogen-bond donors (Lipinski definition) is 1. The van der Waals surface area contributed by atoms with Crippen LogP contribution in [0.3, 0.4) is 0 Å². The van der Waals surface area contributed by atoms with Crippen LogP contribution in [0.25, 0.3) is 10.9 Å². The molecule has 25 heavy (non-hydrogen) atoms. The highest BCUT2D eigenvalue weighted by atomic mass is 16.2. The van der Waals surface area contributed by atoms with E-state index in [9.17, 15) is 9.59 Å². The number of aryl methyl sites for hydroxylation is 2. The van der Waals surface area contributed by atoms with Gasteiger partial charge in [0.2, 0.25) is 11.8 Å². The molecule has 2 heterocycles. The number of nitrogens with one attached hydrogen (secondary N) is 1. The maximum absolute atomic E-state index is 12.4. The van der Waals surface area contributed by atoms with Crippen molar-refractivity contribution in [3.05, 3.63) is 30.0 Å². The number of benzene rings is 1. The lowest BCUT2D eigenvalue weighted by molar-refractivity contribution is -0.136. The Balaban J connectivity index is 1.53. The smallest absolute Gasteiger partial charge is 0.244 e. The van der Waals surface area contributed by atoms with Gasteiger partial charge in [-0.15, -0.1) is 0 Å². The molecule has 1 aliphatic rings. The molecule has 1 N–H and O–H groups in total. The normalized spacial score (nSPS) is 16.0. The molecule has 0 radical (unpaired) electrons. The molecule has 1 atom stereocenters. The van der Waals surface area contributed by atoms with E-state index < -0.39 is 6.04 Å². The summed E-state index contributed by atoms with van der Waals surface area (Å²) in [5.41, 5.74) is 2.21. The predicted molar refractivity (Wildman–Crippen MR) is 97.1 cm³/mol. The maximum Gasteiger partial charge on any atom is 0.244 e. The summed E-state index contributed by atoms with van der Waals surface area (Å²) >= 11 is 0. The standard InChI is InChI=1S/C19H26N4O2/c1-14-7-6-8-17-16(14)13-20-23(17)12-9-18(24)21-15(2)19(25)22-10-4-3-5-11-22/h6-8,13,15H,3-5,9-12H2,1-2H3,(H,21,24)/t15-/m0/s1. The van der Waals surface area contributed by atoms with Gasteiger partial charge in [0.1, 0.15) is 6.04 Å². The van der Waals surface area contributed by atoms with Gasteiger partial charge in [-0.25, -0.2) is 0 Å². The van der Waals surface area contributed by atoms with Crippen LogP contribution in [0.15, 0.2) is 24.4 Å². The van der Waals surface area contributed by atoms with Crippen LogP contribution < -0.4 is 5.32 Å². The molecule has 1 saturated heterocycles. The minimum absolute atomic E-state index is 0.0215. The molecule has 134 valence electrons. The molecule has 1 aliphatic heterocycles. The van der Waals surface area contributed by atoms with Gasteiger partial charge < -0.3 is 10.2 Å². The molecule has 0 aliphatic carbocycles. The molecule has 0 bridgehead atoms. The van der Waals surface area contributed by atoms with Crippen molar-refractivity contribution in [2.24, 2.45) is 0 Å². The van der Waals surface area contributed by atoms with Crippen LogP contribution in [0.4, 0.5) is 0 Å². The highest BCUT2D eigenvalue weighted by Gasteiger charge is 2.23. The number of hydrogen-bond acceptors (Lipinski definition) is 3. The fourth-order valence-electron chi connectivity index (χ4n) is 3.40. The lowest BCUT2D eigenvalue weighted by Crippen LogP contribution is -2.48. The van der Waals surface area contributed by atoms with Crippen molar-refractivity contribution in [3.63, 3.8) is 0 Å². The number of piperidine rings is 1. The molecule has 1 fully saturated rings. The topological polar surface area (TPSA) is 67.2 Å². The second-order valence-corrected chi connectivity index (χ2v) is 6.80. The molecule has 6 heteroatoms. The van der Waals surface area contributed by atoms with Gasteiger partial charge in [0.05, 0.1) is 18.3 Å². The Morgan fingerprint density at radius 2 is 2.00 bits per heavy atom. The number of nitrogens with zero attached hydrogens (tertiary/aromatic N) is 3. The summed E-state index contributed by atoms with van der Waals surface area (Å²) in [6, 6.07) is 5.59. The third kappa shape index (κ3) is 4.00. The van der Waals surface area contributed by atoms with Crippen LogP contribution >= 0.6 is 0 Å². The summed E-state index contributed by atoms with van der Waals surface area (Å²) in [5.74, 6) is -0.0950. The van der Waals surface area contributed by atoms with Gasteiger partial charge in [0, 0.05) is 24.9 Å². The van der Waals surface area contributed by atoms with E-state index in [0.717, 1.165) is 36.8 Å². The summed E-state index contributed by atoms with van der Waals surface area (Å²) in [4.78, 5) is 26.4. The third-order valence-corrected chi connectivity index (χ3v) is 4.87. The minimum Gasteiger partial charge on any atom is -0.345 e. The number of rotatable bonds is 5. The summed E-state index contributed by atoms with van der Waals surface area (Å²) in [7, 11) is 0. The molecular formula is C19H26N4O2. The first-order chi connectivity index (χ1) is 12.1. The molecule has 2 amide bonds. The molecule has 6 nitrogen and oxygen atoms in total. The van der Waals surface area contributed by atoms with Gasteiger partial charge in [0.25, 0.3) is 0 Å². The van der Waals surface area contributed by atoms with Crippen molar-refractivity contribution in [1.82, 2.24) is 20.0 Å². The Morgan fingerprint density at radius 3 is 2.76 bits per heavy atom. The average molecular weight is 342 g/mol. The van der Waals surface area contributed by atoms with Gasteiger partial charge >= 0.3 is 0 Å². The van der Waals surface area contributed by atoms with E-state index in [2.05, 4.69) is 23.4 Å². The van der Waals surface area contributed by atoms with Crippen LogP contribution in [0.1, 0.15) is 38.2 Å². The number of aromatic nitrogens is 2. The Hall–Kier alpha value is -2.37. The first-order valence-electron chi connectivity index (χ1n) is 9.05. The van der Waals surface area contributed by atoms with Gasteiger partial charge in [-0.1, -0.05) is 12.1 Å². The number of carbonyl (C=O) groups is 2. The van der Waals surface area contributed by atoms with Crippen LogP contribution in [0, 0.1) is 6.92 Å². The molecule has 1 aromatic heterocycles. The van der Waals surface area contributed by atoms with Crippen molar-refractivity contribution in [1.29, 1.82) is 0 Å². The molecule has 1 aromatic carbocycles. The van der Waals surface area contributed by atoms with Gasteiger partial charge in [-0.3, -0.25) is 14.3 Å². The first-order valence-corrected chi connectivity index (χ1v) is 9.05. The number of fused-ring (bicyclic) bond motifs is 1. The van der Waals surface area contributed by atoms with E-state index in [4.69, 9.17) is 0 Å². The Bertz CT molecular complexity index is 762. The van der Waals surface area contributed by atoms with Crippen LogP contribution in [-0.2, 0) is 16.1 Å². The fraction of sp³-hybridized carbons (Fsp3) is 0.526. The largest absolute Gasteiger partial charge is 0.345 e. The van der Waals surface area contributed by atoms with Crippen LogP contribution in [0.5, 0.6) is 0 Å². The molecule has 2 aromatic rings. The quantitative estimate of drug-likeness (QED) is 0.906. The van der Waals surface area contributed by atoms with Crippen molar-refractivity contribution in [2.75, 3.05) is 13.1 Å². The molecule has 0 unspecified atom stereocenters. The summed E-state index contributed by atoms with van der Waals surface area (Å²) in [6.07, 6.45) is 5.44. The SMILES string of the molecule is Cc1cccc2c1cnn2CCC(=O)N[C@@H](C)C(=O)N1CCCCC1. The summed E-state index contributed by atoms with van der Waals surface area (Å²) < 4.78 is 1.85. The zero-order valence-electron chi connectivity index (χ0n) is 15.0. The van der Waals surface area contributed by atoms with Crippen molar-refractivity contribution < 1.29 is 9.59 Å². The first kappa shape index (κ1) is 17.5. The Morgan fingerprint density at radius 1 is 1.24 bits per heavy atom. The van der Waals surface area contributed by atoms with E-state index in [1.807, 2.05) is 27.9 Å². The van der Waals surface area contributed by atoms with Crippen molar-refractivity contribution in [3.8, 4) is 0 Å². The molecule has 0 saturated carbocycles. The van der Waals surface area contributed by atoms with E-state index >= 15 is 0 Å². The van der Waals surface area contributed by atoms with E-state index in [0.29, 0.717) is 13.0 Å². The lowest BCUT2D eigenvalue weighted by Gasteiger charge is -2.29. The van der Waals surface area contributed by atoms with Gasteiger partial charge in [0.15, 0.2) is 0 Å². The molecular weight excluding hydrogens is 316 g/mol. The third-order valence-electron chi connectivity index (χ3n) is 4.87. The number of carbonyl (C=O) groups excluding carboxylic acids is 2. The Labute approximate surface area is 148 Å². The second kappa shape index (κ2) is 7.68. The summed E-state index contributed by atoms with van der Waals surface area (Å²) in [5, 5.41) is 8.31. The highest BCUT2D eigenvalue weighted by molar-refractivity contribution is 5.87. The number of amides is 2. The van der Waals surface area contributed by atoms with E-state index in [1.54, 1.807) is 6.92 Å². The molecule has 0 spiro atoms. The average Bonchev–Trinajstić information content (AvgIpc) is 3.04. The van der Waals surface area contributed by atoms with E-state index in [1.165, 1.54) is 12.0 Å². The number of likely N-dealkylation sites (tertiary alicyclic amines) is 1. The van der Waals surface area contributed by atoms with Gasteiger partial charge in [-0.05, 0) is 44.7 Å². The monoisotopic (exact) mass is 342 g/mol. The van der Waals surface area contributed by atoms with E-state index in [-0.39, 0.29) is 11.8 Å². The predicted octanol–water partition coefficient (Wildman–Crippen LogP) is 2.25. The minimum atomic E-state index is -0.470. The highest BCUT2D eigenvalue weighted by Crippen LogP contribution is 2.17. The zero-order chi connectivity index (χ0) is 17.8. The second-order valence-electron chi connectivity index (χ2n) is 6.80.